The largest absolute Gasteiger partial charge is 0.490 e. The number of methoxy groups -OCH3 is 1. The lowest BCUT2D eigenvalue weighted by Gasteiger charge is -2.20. The van der Waals surface area contributed by atoms with Crippen molar-refractivity contribution in [2.75, 3.05) is 14.2 Å². The Bertz CT molecular complexity index is 469. The average Bonchev–Trinajstić information content (AvgIpc) is 2.84. The maximum absolute atomic E-state index is 9.23. The molecule has 2 unspecified atom stereocenters. The molecule has 0 spiro atoms. The number of nitrogens with one attached hydrogen (secondary N) is 1. The minimum atomic E-state index is -0.422. The Labute approximate surface area is 114 Å². The van der Waals surface area contributed by atoms with Gasteiger partial charge >= 0.3 is 0 Å². The summed E-state index contributed by atoms with van der Waals surface area (Å²) in [5.74, 6) is 0.851. The molecule has 0 radical (unpaired) electrons. The third-order valence-electron chi connectivity index (χ3n) is 3.67. The van der Waals surface area contributed by atoms with Crippen LogP contribution in [-0.2, 0) is 11.3 Å². The number of benzene rings is 1. The van der Waals surface area contributed by atoms with Gasteiger partial charge in [-0.05, 0) is 37.6 Å². The van der Waals surface area contributed by atoms with E-state index in [0.717, 1.165) is 30.6 Å². The van der Waals surface area contributed by atoms with E-state index in [1.54, 1.807) is 7.11 Å². The predicted octanol–water partition coefficient (Wildman–Crippen LogP) is 2.25. The van der Waals surface area contributed by atoms with Crippen molar-refractivity contribution >= 4 is 0 Å². The molecule has 0 bridgehead atoms. The van der Waals surface area contributed by atoms with E-state index in [1.165, 1.54) is 0 Å². The monoisotopic (exact) mass is 260 g/mol. The van der Waals surface area contributed by atoms with Crippen molar-refractivity contribution in [3.63, 3.8) is 0 Å². The Balaban J connectivity index is 1.99. The smallest absolute Gasteiger partial charge is 0.120 e. The highest BCUT2D eigenvalue weighted by atomic mass is 16.5. The van der Waals surface area contributed by atoms with Crippen LogP contribution < -0.4 is 10.1 Å². The van der Waals surface area contributed by atoms with Crippen molar-refractivity contribution in [3.05, 3.63) is 29.8 Å². The van der Waals surface area contributed by atoms with E-state index in [-0.39, 0.29) is 6.10 Å². The molecule has 1 aromatic carbocycles. The minimum Gasteiger partial charge on any atom is -0.490 e. The highest BCUT2D eigenvalue weighted by Gasteiger charge is 2.39. The van der Waals surface area contributed by atoms with Crippen LogP contribution in [0.2, 0.25) is 0 Å². The van der Waals surface area contributed by atoms with Gasteiger partial charge in [0.15, 0.2) is 0 Å². The van der Waals surface area contributed by atoms with Gasteiger partial charge in [0.25, 0.3) is 0 Å². The van der Waals surface area contributed by atoms with E-state index < -0.39 is 5.54 Å². The lowest BCUT2D eigenvalue weighted by atomic mass is 10.0. The molecule has 1 fully saturated rings. The summed E-state index contributed by atoms with van der Waals surface area (Å²) in [4.78, 5) is 0. The standard InChI is InChI=1S/C15H20N2O2/c1-17-15(11-16)7-6-14(9-15)19-13-5-3-4-12(8-13)10-18-2/h3-5,8,14,17H,6-7,9-10H2,1-2H3. The number of nitrogens with zero attached hydrogens (tertiary/aromatic N) is 1. The Morgan fingerprint density at radius 3 is 3.00 bits per heavy atom. The molecule has 0 aromatic heterocycles. The van der Waals surface area contributed by atoms with Gasteiger partial charge in [-0.15, -0.1) is 0 Å². The topological polar surface area (TPSA) is 54.3 Å². The molecule has 0 heterocycles. The number of nitriles is 1. The van der Waals surface area contributed by atoms with Gasteiger partial charge in [0, 0.05) is 13.5 Å². The highest BCUT2D eigenvalue weighted by molar-refractivity contribution is 5.28. The van der Waals surface area contributed by atoms with Crippen LogP contribution in [0.5, 0.6) is 5.75 Å². The first kappa shape index (κ1) is 13.9. The van der Waals surface area contributed by atoms with Crippen molar-refractivity contribution in [1.29, 1.82) is 5.26 Å². The first-order chi connectivity index (χ1) is 9.21. The van der Waals surface area contributed by atoms with Gasteiger partial charge in [-0.3, -0.25) is 0 Å². The maximum atomic E-state index is 9.23. The van der Waals surface area contributed by atoms with E-state index in [0.29, 0.717) is 6.61 Å². The molecule has 2 atom stereocenters. The Kier molecular flexibility index (Phi) is 4.41. The summed E-state index contributed by atoms with van der Waals surface area (Å²) in [6, 6.07) is 10.3. The molecular weight excluding hydrogens is 240 g/mol. The molecule has 4 nitrogen and oxygen atoms in total. The fourth-order valence-corrected chi connectivity index (χ4v) is 2.55. The molecule has 1 aliphatic rings. The van der Waals surface area contributed by atoms with E-state index in [4.69, 9.17) is 9.47 Å². The third-order valence-corrected chi connectivity index (χ3v) is 3.67. The molecule has 102 valence electrons. The van der Waals surface area contributed by atoms with E-state index in [1.807, 2.05) is 31.3 Å². The highest BCUT2D eigenvalue weighted by Crippen LogP contribution is 2.32. The predicted molar refractivity (Wildman–Crippen MR) is 72.8 cm³/mol. The maximum Gasteiger partial charge on any atom is 0.120 e. The lowest BCUT2D eigenvalue weighted by Crippen LogP contribution is -2.39. The van der Waals surface area contributed by atoms with E-state index in [9.17, 15) is 5.26 Å². The summed E-state index contributed by atoms with van der Waals surface area (Å²) < 4.78 is 11.1. The molecule has 0 amide bonds. The van der Waals surface area contributed by atoms with Gasteiger partial charge in [0.1, 0.15) is 17.4 Å². The summed E-state index contributed by atoms with van der Waals surface area (Å²) in [7, 11) is 3.52. The summed E-state index contributed by atoms with van der Waals surface area (Å²) in [5.41, 5.74) is 0.674. The number of ether oxygens (including phenoxy) is 2. The van der Waals surface area contributed by atoms with Crippen LogP contribution in [0.4, 0.5) is 0 Å². The molecule has 1 saturated carbocycles. The Morgan fingerprint density at radius 1 is 1.53 bits per heavy atom. The SMILES string of the molecule is CNC1(C#N)CCC(Oc2cccc(COC)c2)C1. The van der Waals surface area contributed by atoms with Crippen LogP contribution in [0.15, 0.2) is 24.3 Å². The second-order valence-corrected chi connectivity index (χ2v) is 5.01. The zero-order valence-electron chi connectivity index (χ0n) is 11.5. The van der Waals surface area contributed by atoms with Gasteiger partial charge in [-0.1, -0.05) is 12.1 Å². The van der Waals surface area contributed by atoms with Crippen LogP contribution in [-0.4, -0.2) is 25.8 Å². The quantitative estimate of drug-likeness (QED) is 0.882. The normalized spacial score (nSPS) is 26.1. The minimum absolute atomic E-state index is 0.102. The number of hydrogen-bond donors (Lipinski definition) is 1. The van der Waals surface area contributed by atoms with E-state index >= 15 is 0 Å². The van der Waals surface area contributed by atoms with Crippen LogP contribution in [0.3, 0.4) is 0 Å². The molecule has 1 aliphatic carbocycles. The van der Waals surface area contributed by atoms with Gasteiger partial charge in [-0.2, -0.15) is 5.26 Å². The summed E-state index contributed by atoms with van der Waals surface area (Å²) in [6.45, 7) is 0.584. The summed E-state index contributed by atoms with van der Waals surface area (Å²) >= 11 is 0. The van der Waals surface area contributed by atoms with Crippen molar-refractivity contribution in [3.8, 4) is 11.8 Å². The van der Waals surface area contributed by atoms with Gasteiger partial charge in [0.05, 0.1) is 12.7 Å². The van der Waals surface area contributed by atoms with Crippen molar-refractivity contribution in [1.82, 2.24) is 5.32 Å². The molecular formula is C15H20N2O2. The Hall–Kier alpha value is -1.57. The first-order valence-electron chi connectivity index (χ1n) is 6.56. The molecule has 2 rings (SSSR count). The zero-order valence-corrected chi connectivity index (χ0v) is 11.5. The first-order valence-corrected chi connectivity index (χ1v) is 6.56. The van der Waals surface area contributed by atoms with Crippen LogP contribution in [0.1, 0.15) is 24.8 Å². The number of rotatable bonds is 5. The second-order valence-electron chi connectivity index (χ2n) is 5.01. The van der Waals surface area contributed by atoms with Crippen molar-refractivity contribution < 1.29 is 9.47 Å². The zero-order chi connectivity index (χ0) is 13.7. The van der Waals surface area contributed by atoms with Crippen LogP contribution in [0, 0.1) is 11.3 Å². The van der Waals surface area contributed by atoms with Gasteiger partial charge < -0.3 is 14.8 Å². The van der Waals surface area contributed by atoms with E-state index in [2.05, 4.69) is 11.4 Å². The molecule has 0 saturated heterocycles. The van der Waals surface area contributed by atoms with Crippen LogP contribution >= 0.6 is 0 Å². The van der Waals surface area contributed by atoms with Crippen molar-refractivity contribution in [2.45, 2.75) is 37.5 Å². The van der Waals surface area contributed by atoms with Crippen LogP contribution in [0.25, 0.3) is 0 Å². The Morgan fingerprint density at radius 2 is 2.37 bits per heavy atom. The second kappa shape index (κ2) is 6.05. The van der Waals surface area contributed by atoms with Crippen molar-refractivity contribution in [2.24, 2.45) is 0 Å². The fraction of sp³-hybridized carbons (Fsp3) is 0.533. The molecule has 19 heavy (non-hydrogen) atoms. The molecule has 0 aliphatic heterocycles. The molecule has 1 N–H and O–H groups in total. The average molecular weight is 260 g/mol. The van der Waals surface area contributed by atoms with Gasteiger partial charge in [0.2, 0.25) is 0 Å². The number of hydrogen-bond acceptors (Lipinski definition) is 4. The molecule has 1 aromatic rings. The summed E-state index contributed by atoms with van der Waals surface area (Å²) in [5, 5.41) is 12.3. The lowest BCUT2D eigenvalue weighted by molar-refractivity contribution is 0.182. The molecule has 4 heteroatoms. The summed E-state index contributed by atoms with van der Waals surface area (Å²) in [6.07, 6.45) is 2.57. The third kappa shape index (κ3) is 3.25. The van der Waals surface area contributed by atoms with Gasteiger partial charge in [-0.25, -0.2) is 0 Å². The fourth-order valence-electron chi connectivity index (χ4n) is 2.55.